The molecule has 0 radical (unpaired) electrons. The molecule has 0 bridgehead atoms. The van der Waals surface area contributed by atoms with Gasteiger partial charge in [-0.25, -0.2) is 18.3 Å². The van der Waals surface area contributed by atoms with Gasteiger partial charge in [0.05, 0.1) is 30.3 Å². The summed E-state index contributed by atoms with van der Waals surface area (Å²) in [5, 5.41) is 11.9. The number of nitrogens with zero attached hydrogens (tertiary/aromatic N) is 5. The fourth-order valence-corrected chi connectivity index (χ4v) is 4.13. The van der Waals surface area contributed by atoms with Crippen molar-refractivity contribution in [1.82, 2.24) is 24.4 Å². The Hall–Kier alpha value is -3.82. The predicted molar refractivity (Wildman–Crippen MR) is 129 cm³/mol. The molecule has 5 aromatic rings. The van der Waals surface area contributed by atoms with Crippen molar-refractivity contribution >= 4 is 40.4 Å². The van der Waals surface area contributed by atoms with Gasteiger partial charge in [0.1, 0.15) is 11.3 Å². The summed E-state index contributed by atoms with van der Waals surface area (Å²) in [6.45, 7) is 0.296. The molecule has 0 spiro atoms. The average Bonchev–Trinajstić information content (AvgIpc) is 3.48. The van der Waals surface area contributed by atoms with E-state index in [0.29, 0.717) is 39.1 Å². The van der Waals surface area contributed by atoms with E-state index < -0.39 is 12.3 Å². The first-order valence-corrected chi connectivity index (χ1v) is 11.2. The Bertz CT molecular complexity index is 1510. The van der Waals surface area contributed by atoms with Crippen LogP contribution in [0.5, 0.6) is 0 Å². The number of rotatable bonds is 6. The van der Waals surface area contributed by atoms with Crippen LogP contribution in [0.2, 0.25) is 10.0 Å². The lowest BCUT2D eigenvalue weighted by Gasteiger charge is -2.08. The molecule has 1 amide bonds. The van der Waals surface area contributed by atoms with E-state index in [2.05, 4.69) is 20.5 Å². The molecule has 0 aliphatic carbocycles. The van der Waals surface area contributed by atoms with E-state index in [4.69, 9.17) is 23.2 Å². The Labute approximate surface area is 207 Å². The second-order valence-corrected chi connectivity index (χ2v) is 8.42. The number of halogens is 4. The van der Waals surface area contributed by atoms with Gasteiger partial charge in [0.2, 0.25) is 0 Å². The maximum absolute atomic E-state index is 13.8. The van der Waals surface area contributed by atoms with Crippen LogP contribution >= 0.6 is 23.2 Å². The van der Waals surface area contributed by atoms with Gasteiger partial charge in [-0.05, 0) is 18.2 Å². The number of carbonyl (C=O) groups excluding carboxylic acids is 1. The number of benzene rings is 2. The second-order valence-electron chi connectivity index (χ2n) is 7.61. The minimum Gasteiger partial charge on any atom is -0.319 e. The van der Waals surface area contributed by atoms with Crippen LogP contribution < -0.4 is 5.32 Å². The minimum absolute atomic E-state index is 0.0226. The van der Waals surface area contributed by atoms with E-state index in [1.54, 1.807) is 53.3 Å². The van der Waals surface area contributed by atoms with E-state index in [9.17, 15) is 13.6 Å². The molecule has 176 valence electrons. The summed E-state index contributed by atoms with van der Waals surface area (Å²) in [5.41, 5.74) is 1.75. The first kappa shape index (κ1) is 22.9. The van der Waals surface area contributed by atoms with Crippen molar-refractivity contribution in [2.45, 2.75) is 13.0 Å². The molecular weight excluding hydrogens is 497 g/mol. The van der Waals surface area contributed by atoms with Crippen LogP contribution in [0.1, 0.15) is 28.0 Å². The molecule has 0 aliphatic heterocycles. The maximum atomic E-state index is 13.8. The van der Waals surface area contributed by atoms with Gasteiger partial charge in [-0.1, -0.05) is 59.6 Å². The molecule has 1 N–H and O–H groups in total. The normalized spacial score (nSPS) is 11.3. The Morgan fingerprint density at radius 3 is 2.46 bits per heavy atom. The summed E-state index contributed by atoms with van der Waals surface area (Å²) in [7, 11) is 0. The highest BCUT2D eigenvalue weighted by molar-refractivity contribution is 6.36. The van der Waals surface area contributed by atoms with E-state index >= 15 is 0 Å². The quantitative estimate of drug-likeness (QED) is 0.296. The summed E-state index contributed by atoms with van der Waals surface area (Å²) in [6.07, 6.45) is 1.47. The summed E-state index contributed by atoms with van der Waals surface area (Å²) in [4.78, 5) is 17.5. The summed E-state index contributed by atoms with van der Waals surface area (Å²) in [5.74, 6) is -0.562. The van der Waals surface area contributed by atoms with E-state index in [-0.39, 0.29) is 16.9 Å². The molecule has 7 nitrogen and oxygen atoms in total. The Balaban J connectivity index is 1.44. The number of aromatic nitrogens is 5. The fourth-order valence-electron chi connectivity index (χ4n) is 3.62. The molecule has 0 saturated carbocycles. The molecule has 0 aliphatic rings. The number of fused-ring (bicyclic) bond motifs is 1. The second kappa shape index (κ2) is 9.44. The van der Waals surface area contributed by atoms with Crippen LogP contribution in [0.4, 0.5) is 14.5 Å². The lowest BCUT2D eigenvalue weighted by Crippen LogP contribution is -2.12. The summed E-state index contributed by atoms with van der Waals surface area (Å²) < 4.78 is 30.1. The average molecular weight is 513 g/mol. The first-order chi connectivity index (χ1) is 16.9. The van der Waals surface area contributed by atoms with Crippen LogP contribution in [0.15, 0.2) is 73.2 Å². The SMILES string of the molecule is O=C(Nc1cnn(Cc2c(Cl)cccc2Cl)c1)c1cnn2c(C(F)F)cc(-c3ccccc3)nc12. The number of carbonyl (C=O) groups is 1. The van der Waals surface area contributed by atoms with Crippen LogP contribution in [0.25, 0.3) is 16.9 Å². The van der Waals surface area contributed by atoms with Gasteiger partial charge in [0.15, 0.2) is 5.65 Å². The summed E-state index contributed by atoms with van der Waals surface area (Å²) >= 11 is 12.4. The van der Waals surface area contributed by atoms with Crippen LogP contribution in [0, 0.1) is 0 Å². The minimum atomic E-state index is -2.81. The topological polar surface area (TPSA) is 77.1 Å². The van der Waals surface area contributed by atoms with Crippen molar-refractivity contribution in [2.75, 3.05) is 5.32 Å². The number of nitrogens with one attached hydrogen (secondary N) is 1. The lowest BCUT2D eigenvalue weighted by molar-refractivity contribution is 0.102. The molecule has 3 heterocycles. The van der Waals surface area contributed by atoms with Crippen LogP contribution in [-0.4, -0.2) is 30.3 Å². The maximum Gasteiger partial charge on any atom is 0.280 e. The van der Waals surface area contributed by atoms with Gasteiger partial charge >= 0.3 is 0 Å². The van der Waals surface area contributed by atoms with Crippen molar-refractivity contribution in [2.24, 2.45) is 0 Å². The third kappa shape index (κ3) is 4.60. The highest BCUT2D eigenvalue weighted by Crippen LogP contribution is 2.28. The molecule has 0 saturated heterocycles. The molecule has 0 fully saturated rings. The predicted octanol–water partition coefficient (Wildman–Crippen LogP) is 6.14. The molecule has 2 aromatic carbocycles. The van der Waals surface area contributed by atoms with Crippen molar-refractivity contribution in [3.63, 3.8) is 0 Å². The Morgan fingerprint density at radius 2 is 1.74 bits per heavy atom. The third-order valence-electron chi connectivity index (χ3n) is 5.31. The Kier molecular flexibility index (Phi) is 6.19. The number of hydrogen-bond donors (Lipinski definition) is 1. The number of hydrogen-bond acceptors (Lipinski definition) is 4. The smallest absolute Gasteiger partial charge is 0.280 e. The molecule has 3 aromatic heterocycles. The lowest BCUT2D eigenvalue weighted by atomic mass is 10.1. The zero-order valence-corrected chi connectivity index (χ0v) is 19.4. The van der Waals surface area contributed by atoms with Crippen molar-refractivity contribution < 1.29 is 13.6 Å². The first-order valence-electron chi connectivity index (χ1n) is 10.4. The molecule has 0 unspecified atom stereocenters. The monoisotopic (exact) mass is 512 g/mol. The highest BCUT2D eigenvalue weighted by Gasteiger charge is 2.22. The zero-order valence-electron chi connectivity index (χ0n) is 17.9. The van der Waals surface area contributed by atoms with E-state index in [1.165, 1.54) is 18.5 Å². The van der Waals surface area contributed by atoms with Crippen LogP contribution in [-0.2, 0) is 6.54 Å². The van der Waals surface area contributed by atoms with Gasteiger partial charge in [-0.15, -0.1) is 0 Å². The molecule has 35 heavy (non-hydrogen) atoms. The molecule has 5 rings (SSSR count). The molecule has 11 heteroatoms. The van der Waals surface area contributed by atoms with Crippen molar-refractivity contribution in [3.8, 4) is 11.3 Å². The fraction of sp³-hybridized carbons (Fsp3) is 0.0833. The van der Waals surface area contributed by atoms with Gasteiger partial charge in [-0.2, -0.15) is 10.2 Å². The van der Waals surface area contributed by atoms with Crippen molar-refractivity contribution in [3.05, 3.63) is 100 Å². The van der Waals surface area contributed by atoms with E-state index in [1.807, 2.05) is 6.07 Å². The van der Waals surface area contributed by atoms with Gasteiger partial charge < -0.3 is 5.32 Å². The van der Waals surface area contributed by atoms with Gasteiger partial charge in [0, 0.05) is 27.4 Å². The summed E-state index contributed by atoms with van der Waals surface area (Å²) in [6, 6.07) is 15.3. The highest BCUT2D eigenvalue weighted by atomic mass is 35.5. The number of alkyl halides is 2. The standard InChI is InChI=1S/C24H16Cl2F2N6O/c25-18-7-4-8-19(26)17(18)13-33-12-15(10-29-33)31-24(35)16-11-30-34-21(22(27)28)9-20(32-23(16)34)14-5-2-1-3-6-14/h1-12,22H,13H2,(H,31,35). The van der Waals surface area contributed by atoms with Gasteiger partial charge in [-0.3, -0.25) is 9.48 Å². The van der Waals surface area contributed by atoms with Crippen LogP contribution in [0.3, 0.4) is 0 Å². The molecular formula is C24H16Cl2F2N6O. The number of anilines is 1. The van der Waals surface area contributed by atoms with Gasteiger partial charge in [0.25, 0.3) is 12.3 Å². The molecule has 0 atom stereocenters. The zero-order chi connectivity index (χ0) is 24.5. The largest absolute Gasteiger partial charge is 0.319 e. The van der Waals surface area contributed by atoms with E-state index in [0.717, 1.165) is 4.52 Å². The van der Waals surface area contributed by atoms with Crippen molar-refractivity contribution in [1.29, 1.82) is 0 Å². The number of amides is 1. The Morgan fingerprint density at radius 1 is 1.00 bits per heavy atom. The third-order valence-corrected chi connectivity index (χ3v) is 6.02.